The number of anilines is 1. The second-order valence-electron chi connectivity index (χ2n) is 5.17. The fraction of sp³-hybridized carbons (Fsp3) is 0.571. The van der Waals surface area contributed by atoms with Crippen LogP contribution in [-0.4, -0.2) is 37.5 Å². The molecule has 20 heavy (non-hydrogen) atoms. The van der Waals surface area contributed by atoms with Crippen molar-refractivity contribution in [2.75, 3.05) is 26.4 Å². The average Bonchev–Trinajstić information content (AvgIpc) is 2.64. The molecule has 0 saturated heterocycles. The van der Waals surface area contributed by atoms with Crippen LogP contribution in [0.4, 0.5) is 5.00 Å². The SMILES string of the molecule is CCOC(=O)c1sc(N)c(C(=O)N(C)C)c1CC(C)C. The maximum atomic E-state index is 12.3. The Morgan fingerprint density at radius 3 is 2.40 bits per heavy atom. The Bertz CT molecular complexity index is 507. The quantitative estimate of drug-likeness (QED) is 0.847. The Hall–Kier alpha value is -1.56. The van der Waals surface area contributed by atoms with Gasteiger partial charge in [0.1, 0.15) is 4.88 Å². The summed E-state index contributed by atoms with van der Waals surface area (Å²) in [7, 11) is 3.34. The molecule has 0 atom stereocenters. The van der Waals surface area contributed by atoms with E-state index in [4.69, 9.17) is 10.5 Å². The van der Waals surface area contributed by atoms with Gasteiger partial charge in [-0.05, 0) is 24.8 Å². The summed E-state index contributed by atoms with van der Waals surface area (Å²) in [5.41, 5.74) is 7.10. The molecular formula is C14H22N2O3S. The summed E-state index contributed by atoms with van der Waals surface area (Å²) < 4.78 is 5.05. The Balaban J connectivity index is 3.36. The molecule has 2 N–H and O–H groups in total. The number of rotatable bonds is 5. The molecule has 1 heterocycles. The van der Waals surface area contributed by atoms with Gasteiger partial charge in [0, 0.05) is 14.1 Å². The van der Waals surface area contributed by atoms with E-state index in [0.29, 0.717) is 40.0 Å². The first-order chi connectivity index (χ1) is 9.29. The Kier molecular flexibility index (Phi) is 5.56. The summed E-state index contributed by atoms with van der Waals surface area (Å²) in [6.45, 7) is 6.12. The molecule has 1 aromatic rings. The van der Waals surface area contributed by atoms with E-state index in [-0.39, 0.29) is 5.91 Å². The summed E-state index contributed by atoms with van der Waals surface area (Å²) in [5.74, 6) is -0.270. The van der Waals surface area contributed by atoms with Crippen molar-refractivity contribution in [1.29, 1.82) is 0 Å². The maximum absolute atomic E-state index is 12.3. The van der Waals surface area contributed by atoms with Crippen LogP contribution in [0.3, 0.4) is 0 Å². The molecule has 0 aliphatic heterocycles. The molecule has 1 amide bonds. The van der Waals surface area contributed by atoms with Gasteiger partial charge in [-0.2, -0.15) is 0 Å². The molecular weight excluding hydrogens is 276 g/mol. The van der Waals surface area contributed by atoms with E-state index in [1.54, 1.807) is 21.0 Å². The van der Waals surface area contributed by atoms with Crippen molar-refractivity contribution in [1.82, 2.24) is 4.90 Å². The van der Waals surface area contributed by atoms with Gasteiger partial charge in [-0.15, -0.1) is 11.3 Å². The summed E-state index contributed by atoms with van der Waals surface area (Å²) in [6, 6.07) is 0. The van der Waals surface area contributed by atoms with Crippen molar-refractivity contribution in [3.8, 4) is 0 Å². The number of carbonyl (C=O) groups is 2. The molecule has 0 fully saturated rings. The van der Waals surface area contributed by atoms with Gasteiger partial charge in [-0.1, -0.05) is 13.8 Å². The smallest absolute Gasteiger partial charge is 0.348 e. The van der Waals surface area contributed by atoms with Crippen LogP contribution in [0.15, 0.2) is 0 Å². The molecule has 1 aromatic heterocycles. The summed E-state index contributed by atoms with van der Waals surface area (Å²) in [6.07, 6.45) is 0.622. The maximum Gasteiger partial charge on any atom is 0.348 e. The minimum absolute atomic E-state index is 0.176. The number of amides is 1. The van der Waals surface area contributed by atoms with E-state index in [1.165, 1.54) is 4.90 Å². The van der Waals surface area contributed by atoms with Gasteiger partial charge in [0.2, 0.25) is 0 Å². The minimum atomic E-state index is -0.405. The second-order valence-corrected chi connectivity index (χ2v) is 6.22. The fourth-order valence-electron chi connectivity index (χ4n) is 1.91. The number of hydrogen-bond donors (Lipinski definition) is 1. The first kappa shape index (κ1) is 16.5. The highest BCUT2D eigenvalue weighted by atomic mass is 32.1. The van der Waals surface area contributed by atoms with Gasteiger partial charge in [-0.3, -0.25) is 4.79 Å². The molecule has 112 valence electrons. The van der Waals surface area contributed by atoms with Crippen LogP contribution in [0, 0.1) is 5.92 Å². The topological polar surface area (TPSA) is 72.6 Å². The molecule has 0 aliphatic rings. The second kappa shape index (κ2) is 6.74. The molecule has 0 aliphatic carbocycles. The molecule has 5 nitrogen and oxygen atoms in total. The molecule has 0 spiro atoms. The zero-order valence-electron chi connectivity index (χ0n) is 12.6. The molecule has 0 bridgehead atoms. The van der Waals surface area contributed by atoms with Gasteiger partial charge in [0.05, 0.1) is 17.2 Å². The number of hydrogen-bond acceptors (Lipinski definition) is 5. The van der Waals surface area contributed by atoms with Crippen LogP contribution in [0.2, 0.25) is 0 Å². The lowest BCUT2D eigenvalue weighted by Gasteiger charge is -2.13. The van der Waals surface area contributed by atoms with E-state index in [0.717, 1.165) is 11.3 Å². The van der Waals surface area contributed by atoms with Gasteiger partial charge in [-0.25, -0.2) is 4.79 Å². The van der Waals surface area contributed by atoms with Crippen molar-refractivity contribution in [3.05, 3.63) is 16.0 Å². The molecule has 0 radical (unpaired) electrons. The summed E-state index contributed by atoms with van der Waals surface area (Å²) >= 11 is 1.13. The van der Waals surface area contributed by atoms with E-state index < -0.39 is 5.97 Å². The standard InChI is InChI=1S/C14H22N2O3S/c1-6-19-14(18)11-9(7-8(2)3)10(12(15)20-11)13(17)16(4)5/h8H,6-7,15H2,1-5H3. The van der Waals surface area contributed by atoms with Crippen molar-refractivity contribution < 1.29 is 14.3 Å². The van der Waals surface area contributed by atoms with Gasteiger partial charge >= 0.3 is 5.97 Å². The lowest BCUT2D eigenvalue weighted by atomic mass is 9.98. The van der Waals surface area contributed by atoms with Gasteiger partial charge in [0.25, 0.3) is 5.91 Å². The van der Waals surface area contributed by atoms with E-state index >= 15 is 0 Å². The summed E-state index contributed by atoms with van der Waals surface area (Å²) in [5, 5.41) is 0.377. The van der Waals surface area contributed by atoms with Crippen LogP contribution in [-0.2, 0) is 11.2 Å². The van der Waals surface area contributed by atoms with Gasteiger partial charge in [0.15, 0.2) is 0 Å². The van der Waals surface area contributed by atoms with Crippen LogP contribution in [0.1, 0.15) is 46.4 Å². The largest absolute Gasteiger partial charge is 0.462 e. The van der Waals surface area contributed by atoms with Crippen molar-refractivity contribution in [2.45, 2.75) is 27.2 Å². The van der Waals surface area contributed by atoms with Crippen LogP contribution in [0.25, 0.3) is 0 Å². The normalized spacial score (nSPS) is 10.7. The predicted molar refractivity (Wildman–Crippen MR) is 81.2 cm³/mol. The van der Waals surface area contributed by atoms with Crippen molar-refractivity contribution in [2.24, 2.45) is 5.92 Å². The van der Waals surface area contributed by atoms with Crippen LogP contribution in [0.5, 0.6) is 0 Å². The minimum Gasteiger partial charge on any atom is -0.462 e. The Morgan fingerprint density at radius 2 is 1.95 bits per heavy atom. The molecule has 6 heteroatoms. The number of carbonyl (C=O) groups excluding carboxylic acids is 2. The number of nitrogens with zero attached hydrogens (tertiary/aromatic N) is 1. The summed E-state index contributed by atoms with van der Waals surface area (Å²) in [4.78, 5) is 26.2. The number of thiophene rings is 1. The molecule has 0 aromatic carbocycles. The van der Waals surface area contributed by atoms with Gasteiger partial charge < -0.3 is 15.4 Å². The average molecular weight is 298 g/mol. The predicted octanol–water partition coefficient (Wildman–Crippen LogP) is 2.41. The molecule has 0 unspecified atom stereocenters. The third-order valence-electron chi connectivity index (χ3n) is 2.73. The molecule has 0 saturated carbocycles. The molecule has 1 rings (SSSR count). The first-order valence-corrected chi connectivity index (χ1v) is 7.41. The van der Waals surface area contributed by atoms with Crippen molar-refractivity contribution in [3.63, 3.8) is 0 Å². The first-order valence-electron chi connectivity index (χ1n) is 6.59. The van der Waals surface area contributed by atoms with Crippen molar-refractivity contribution >= 4 is 28.2 Å². The van der Waals surface area contributed by atoms with Crippen LogP contribution >= 0.6 is 11.3 Å². The Morgan fingerprint density at radius 1 is 1.35 bits per heavy atom. The lowest BCUT2D eigenvalue weighted by Crippen LogP contribution is -2.24. The lowest BCUT2D eigenvalue weighted by molar-refractivity contribution is 0.0531. The van der Waals surface area contributed by atoms with Crippen LogP contribution < -0.4 is 5.73 Å². The highest BCUT2D eigenvalue weighted by Gasteiger charge is 2.27. The fourth-order valence-corrected chi connectivity index (χ4v) is 2.89. The van der Waals surface area contributed by atoms with E-state index in [1.807, 2.05) is 13.8 Å². The number of ether oxygens (including phenoxy) is 1. The zero-order valence-corrected chi connectivity index (χ0v) is 13.5. The highest BCUT2D eigenvalue weighted by Crippen LogP contribution is 2.34. The number of esters is 1. The van der Waals surface area contributed by atoms with E-state index in [9.17, 15) is 9.59 Å². The highest BCUT2D eigenvalue weighted by molar-refractivity contribution is 7.18. The van der Waals surface area contributed by atoms with E-state index in [2.05, 4.69) is 0 Å². The monoisotopic (exact) mass is 298 g/mol. The number of nitrogens with two attached hydrogens (primary N) is 1. The Labute approximate surface area is 123 Å². The number of nitrogen functional groups attached to an aromatic ring is 1. The third kappa shape index (κ3) is 3.50. The third-order valence-corrected chi connectivity index (χ3v) is 3.77. The zero-order chi connectivity index (χ0) is 15.4.